The van der Waals surface area contributed by atoms with Crippen LogP contribution in [0.5, 0.6) is 5.75 Å². The average molecular weight is 843 g/mol. The van der Waals surface area contributed by atoms with E-state index in [9.17, 15) is 28.0 Å². The summed E-state index contributed by atoms with van der Waals surface area (Å²) in [5.41, 5.74) is 4.48. The monoisotopic (exact) mass is 842 g/mol. The minimum absolute atomic E-state index is 0.0489. The molecular weight excluding hydrogens is 797 g/mol. The minimum Gasteiger partial charge on any atom is -0.489 e. The average Bonchev–Trinajstić information content (AvgIpc) is 3.85. The van der Waals surface area contributed by atoms with E-state index < -0.39 is 48.6 Å². The molecular formula is C44H46F4N8O5. The number of nitrogens with zero attached hydrogens (tertiary/aromatic N) is 6. The SMILES string of the molecule is C[C@@H]1Cc2c(ccc3[nH]ncc23)[C@@H](c2c(F)cc(N3CCC(CC(=O)N4CCN5c6cc7c(cc6OC[C@@H]5C4)C(=O)N(C4CCC(=O)NC4=O)C7)CC3)cc2F)N1CC(F)F. The maximum absolute atomic E-state index is 16.3. The van der Waals surface area contributed by atoms with Crippen LogP contribution in [0.25, 0.3) is 10.9 Å². The van der Waals surface area contributed by atoms with Crippen LogP contribution in [0.1, 0.15) is 77.7 Å². The van der Waals surface area contributed by atoms with E-state index >= 15 is 8.78 Å². The number of nitrogens with one attached hydrogen (secondary N) is 2. The molecule has 61 heavy (non-hydrogen) atoms. The zero-order chi connectivity index (χ0) is 42.3. The summed E-state index contributed by atoms with van der Waals surface area (Å²) in [7, 11) is 0. The van der Waals surface area contributed by atoms with E-state index in [0.717, 1.165) is 27.7 Å². The Hall–Kier alpha value is -5.71. The van der Waals surface area contributed by atoms with Crippen LogP contribution in [-0.4, -0.2) is 119 Å². The summed E-state index contributed by atoms with van der Waals surface area (Å²) in [5, 5.41) is 10.2. The summed E-state index contributed by atoms with van der Waals surface area (Å²) in [6.45, 7) is 4.37. The van der Waals surface area contributed by atoms with Crippen molar-refractivity contribution in [3.63, 3.8) is 0 Å². The summed E-state index contributed by atoms with van der Waals surface area (Å²) >= 11 is 0. The Morgan fingerprint density at radius 1 is 0.984 bits per heavy atom. The van der Waals surface area contributed by atoms with Crippen molar-refractivity contribution in [2.45, 2.75) is 82.6 Å². The lowest BCUT2D eigenvalue weighted by Crippen LogP contribution is -2.58. The number of carbonyl (C=O) groups excluding carboxylic acids is 4. The molecule has 17 heteroatoms. The number of benzene rings is 3. The Bertz CT molecular complexity index is 2430. The van der Waals surface area contributed by atoms with Crippen molar-refractivity contribution < 1.29 is 41.5 Å². The Labute approximate surface area is 348 Å². The number of carbonyl (C=O) groups is 4. The molecule has 3 aromatic carbocycles. The van der Waals surface area contributed by atoms with Gasteiger partial charge in [0.25, 0.3) is 12.3 Å². The number of anilines is 2. The first-order valence-electron chi connectivity index (χ1n) is 21.1. The molecule has 0 saturated carbocycles. The molecule has 3 saturated heterocycles. The summed E-state index contributed by atoms with van der Waals surface area (Å²) in [6, 6.07) is 7.60. The van der Waals surface area contributed by atoms with Crippen LogP contribution < -0.4 is 19.9 Å². The summed E-state index contributed by atoms with van der Waals surface area (Å²) < 4.78 is 66.5. The normalized spacial score (nSPS) is 24.5. The topological polar surface area (TPSA) is 134 Å². The predicted molar refractivity (Wildman–Crippen MR) is 215 cm³/mol. The molecule has 1 unspecified atom stereocenters. The van der Waals surface area contributed by atoms with Gasteiger partial charge in [-0.15, -0.1) is 0 Å². The molecule has 7 heterocycles. The number of halogens is 4. The highest BCUT2D eigenvalue weighted by Gasteiger charge is 2.43. The van der Waals surface area contributed by atoms with Gasteiger partial charge in [0, 0.05) is 80.4 Å². The maximum atomic E-state index is 16.3. The van der Waals surface area contributed by atoms with Crippen molar-refractivity contribution in [1.29, 1.82) is 0 Å². The lowest BCUT2D eigenvalue weighted by molar-refractivity contribution is -0.137. The van der Waals surface area contributed by atoms with Crippen molar-refractivity contribution in [2.75, 3.05) is 55.7 Å². The Balaban J connectivity index is 0.774. The number of imide groups is 1. The maximum Gasteiger partial charge on any atom is 0.255 e. The standard InChI is InChI=1S/C44H46F4N8O5/c1-23-12-30-28(2-3-34-31(30)18-49-51-34)42(55(23)21-38(47)48)41-32(45)15-26(16-33(41)46)52-8-6-24(7-9-52)13-40(58)53-10-11-54-27(20-53)22-61-37-17-29-25(14-36(37)54)19-56(44(29)60)35-4-5-39(57)50-43(35)59/h2-3,14-18,23-24,27,35,38,42H,4-13,19-22H2,1H3,(H,49,51)(H,50,57,59)/t23-,27+,35?,42+/m1/s1. The van der Waals surface area contributed by atoms with Crippen molar-refractivity contribution in [2.24, 2.45) is 5.92 Å². The van der Waals surface area contributed by atoms with Crippen LogP contribution in [0.15, 0.2) is 42.6 Å². The molecule has 0 aliphatic carbocycles. The number of alkyl halides is 2. The molecule has 4 atom stereocenters. The second kappa shape index (κ2) is 15.3. The number of ether oxygens (including phenoxy) is 1. The molecule has 6 aliphatic rings. The van der Waals surface area contributed by atoms with Crippen molar-refractivity contribution in [3.05, 3.63) is 82.0 Å². The number of hydrogen-bond donors (Lipinski definition) is 2. The fraction of sp³-hybridized carbons (Fsp3) is 0.477. The van der Waals surface area contributed by atoms with Gasteiger partial charge in [-0.3, -0.25) is 34.5 Å². The predicted octanol–water partition coefficient (Wildman–Crippen LogP) is 4.92. The molecule has 1 aromatic heterocycles. The molecule has 2 N–H and O–H groups in total. The summed E-state index contributed by atoms with van der Waals surface area (Å²) in [6.07, 6.45) is 1.55. The number of hydrogen-bond acceptors (Lipinski definition) is 9. The zero-order valence-electron chi connectivity index (χ0n) is 33.6. The van der Waals surface area contributed by atoms with Crippen LogP contribution in [0.3, 0.4) is 0 Å². The number of aromatic nitrogens is 2. The van der Waals surface area contributed by atoms with Crippen molar-refractivity contribution >= 4 is 45.9 Å². The van der Waals surface area contributed by atoms with Crippen LogP contribution in [0, 0.1) is 17.6 Å². The second-order valence-corrected chi connectivity index (χ2v) is 17.3. The lowest BCUT2D eigenvalue weighted by Gasteiger charge is -2.46. The number of aromatic amines is 1. The molecule has 10 rings (SSSR count). The van der Waals surface area contributed by atoms with Gasteiger partial charge in [-0.05, 0) is 85.5 Å². The molecule has 4 amide bonds. The fourth-order valence-corrected chi connectivity index (χ4v) is 10.6. The Morgan fingerprint density at radius 2 is 1.77 bits per heavy atom. The first-order chi connectivity index (χ1) is 29.4. The first-order valence-corrected chi connectivity index (χ1v) is 21.1. The van der Waals surface area contributed by atoms with E-state index in [1.165, 1.54) is 21.9 Å². The number of piperazine rings is 1. The number of piperidine rings is 2. The first kappa shape index (κ1) is 39.4. The van der Waals surface area contributed by atoms with E-state index in [-0.39, 0.29) is 54.6 Å². The van der Waals surface area contributed by atoms with E-state index in [0.29, 0.717) is 87.6 Å². The third-order valence-electron chi connectivity index (χ3n) is 13.8. The molecule has 4 aromatic rings. The van der Waals surface area contributed by atoms with Gasteiger partial charge in [-0.2, -0.15) is 5.10 Å². The van der Waals surface area contributed by atoms with Crippen molar-refractivity contribution in [1.82, 2.24) is 30.2 Å². The van der Waals surface area contributed by atoms with Gasteiger partial charge in [0.05, 0.1) is 36.0 Å². The quantitative estimate of drug-likeness (QED) is 0.197. The molecule has 320 valence electrons. The van der Waals surface area contributed by atoms with Gasteiger partial charge in [-0.25, -0.2) is 17.6 Å². The summed E-state index contributed by atoms with van der Waals surface area (Å²) in [5.74, 6) is -1.90. The highest BCUT2D eigenvalue weighted by molar-refractivity contribution is 6.06. The molecule has 3 fully saturated rings. The van der Waals surface area contributed by atoms with Crippen LogP contribution in [-0.2, 0) is 27.3 Å². The Kier molecular flexibility index (Phi) is 9.91. The largest absolute Gasteiger partial charge is 0.489 e. The smallest absolute Gasteiger partial charge is 0.255 e. The third-order valence-corrected chi connectivity index (χ3v) is 13.8. The third kappa shape index (κ3) is 6.94. The van der Waals surface area contributed by atoms with Gasteiger partial charge in [0.2, 0.25) is 17.7 Å². The van der Waals surface area contributed by atoms with E-state index in [4.69, 9.17) is 4.74 Å². The number of fused-ring (bicyclic) bond motifs is 7. The lowest BCUT2D eigenvalue weighted by atomic mass is 9.83. The summed E-state index contributed by atoms with van der Waals surface area (Å²) in [4.78, 5) is 60.3. The fourth-order valence-electron chi connectivity index (χ4n) is 10.6. The Morgan fingerprint density at radius 3 is 2.52 bits per heavy atom. The zero-order valence-corrected chi connectivity index (χ0v) is 33.6. The van der Waals surface area contributed by atoms with Crippen LogP contribution in [0.2, 0.25) is 0 Å². The number of rotatable bonds is 7. The second-order valence-electron chi connectivity index (χ2n) is 17.3. The number of amides is 4. The van der Waals surface area contributed by atoms with Crippen LogP contribution in [0.4, 0.5) is 28.9 Å². The van der Waals surface area contributed by atoms with Crippen LogP contribution >= 0.6 is 0 Å². The molecule has 0 bridgehead atoms. The number of H-pyrrole nitrogens is 1. The van der Waals surface area contributed by atoms with E-state index in [1.54, 1.807) is 31.3 Å². The molecule has 13 nitrogen and oxygen atoms in total. The highest BCUT2D eigenvalue weighted by atomic mass is 19.3. The molecule has 6 aliphatic heterocycles. The van der Waals surface area contributed by atoms with Gasteiger partial charge >= 0.3 is 0 Å². The minimum atomic E-state index is -2.69. The molecule has 0 spiro atoms. The van der Waals surface area contributed by atoms with Gasteiger partial charge in [-0.1, -0.05) is 6.07 Å². The molecule has 0 radical (unpaired) electrons. The van der Waals surface area contributed by atoms with Gasteiger partial charge < -0.3 is 24.3 Å². The van der Waals surface area contributed by atoms with E-state index in [2.05, 4.69) is 20.4 Å². The highest BCUT2D eigenvalue weighted by Crippen LogP contribution is 2.44. The van der Waals surface area contributed by atoms with E-state index in [1.807, 2.05) is 15.9 Å². The van der Waals surface area contributed by atoms with Crippen molar-refractivity contribution in [3.8, 4) is 5.75 Å². The van der Waals surface area contributed by atoms with Gasteiger partial charge in [0.15, 0.2) is 0 Å². The van der Waals surface area contributed by atoms with Gasteiger partial charge in [0.1, 0.15) is 30.0 Å².